The van der Waals surface area contributed by atoms with Crippen LogP contribution in [0.5, 0.6) is 5.75 Å². The van der Waals surface area contributed by atoms with Crippen molar-refractivity contribution in [2.24, 2.45) is 11.3 Å². The maximum atomic E-state index is 6.07. The zero-order chi connectivity index (χ0) is 26.4. The molecule has 3 fully saturated rings. The van der Waals surface area contributed by atoms with Gasteiger partial charge in [0.1, 0.15) is 5.75 Å². The van der Waals surface area contributed by atoms with E-state index >= 15 is 0 Å². The number of unbranched alkanes of at least 4 members (excludes halogenated alkanes) is 1. The second-order valence-corrected chi connectivity index (χ2v) is 12.8. The van der Waals surface area contributed by atoms with E-state index in [4.69, 9.17) is 9.47 Å². The van der Waals surface area contributed by atoms with Gasteiger partial charge in [-0.3, -0.25) is 4.90 Å². The fraction of sp³-hybridized carbons (Fsp3) is 0.812. The van der Waals surface area contributed by atoms with Gasteiger partial charge < -0.3 is 19.3 Å². The second kappa shape index (κ2) is 13.1. The van der Waals surface area contributed by atoms with Crippen LogP contribution in [0.25, 0.3) is 0 Å². The third kappa shape index (κ3) is 7.15. The normalized spacial score (nSPS) is 24.5. The quantitative estimate of drug-likeness (QED) is 0.356. The lowest BCUT2D eigenvalue weighted by molar-refractivity contribution is 0.0458. The van der Waals surface area contributed by atoms with Gasteiger partial charge in [0.05, 0.1) is 18.9 Å². The highest BCUT2D eigenvalue weighted by Gasteiger charge is 2.33. The van der Waals surface area contributed by atoms with Crippen LogP contribution in [-0.2, 0) is 4.74 Å². The third-order valence-corrected chi connectivity index (χ3v) is 9.45. The van der Waals surface area contributed by atoms with Gasteiger partial charge in [0.25, 0.3) is 0 Å². The van der Waals surface area contributed by atoms with Crippen molar-refractivity contribution < 1.29 is 9.47 Å². The van der Waals surface area contributed by atoms with Gasteiger partial charge in [-0.2, -0.15) is 0 Å². The summed E-state index contributed by atoms with van der Waals surface area (Å²) in [5, 5.41) is 0. The second-order valence-electron chi connectivity index (χ2n) is 12.8. The molecule has 1 aromatic carbocycles. The summed E-state index contributed by atoms with van der Waals surface area (Å²) in [4.78, 5) is 7.88. The van der Waals surface area contributed by atoms with Crippen LogP contribution in [0, 0.1) is 11.3 Å². The Kier molecular flexibility index (Phi) is 10.1. The van der Waals surface area contributed by atoms with Gasteiger partial charge in [0.15, 0.2) is 0 Å². The number of benzene rings is 1. The number of anilines is 2. The Balaban J connectivity index is 1.58. The van der Waals surface area contributed by atoms with Crippen molar-refractivity contribution in [2.75, 3.05) is 69.3 Å². The molecule has 0 bridgehead atoms. The highest BCUT2D eigenvalue weighted by atomic mass is 16.5. The fourth-order valence-electron chi connectivity index (χ4n) is 6.95. The fourth-order valence-corrected chi connectivity index (χ4v) is 6.95. The third-order valence-electron chi connectivity index (χ3n) is 9.45. The van der Waals surface area contributed by atoms with E-state index in [0.29, 0.717) is 17.4 Å². The van der Waals surface area contributed by atoms with Crippen LogP contribution in [0.15, 0.2) is 12.1 Å². The van der Waals surface area contributed by atoms with Gasteiger partial charge in [0.2, 0.25) is 0 Å². The Labute approximate surface area is 227 Å². The first-order valence-electron chi connectivity index (χ1n) is 15.4. The first-order valence-corrected chi connectivity index (χ1v) is 15.4. The van der Waals surface area contributed by atoms with Crippen LogP contribution in [0.2, 0.25) is 0 Å². The molecule has 2 saturated heterocycles. The first kappa shape index (κ1) is 28.5. The van der Waals surface area contributed by atoms with Gasteiger partial charge in [-0.05, 0) is 87.3 Å². The number of hydrogen-bond donors (Lipinski definition) is 0. The van der Waals surface area contributed by atoms with Crippen LogP contribution in [0.4, 0.5) is 11.4 Å². The number of piperidine rings is 1. The summed E-state index contributed by atoms with van der Waals surface area (Å²) < 4.78 is 12.0. The Bertz CT molecular complexity index is 827. The van der Waals surface area contributed by atoms with Crippen molar-refractivity contribution in [2.45, 2.75) is 98.0 Å². The van der Waals surface area contributed by atoms with Crippen molar-refractivity contribution >= 4 is 11.4 Å². The molecule has 3 aliphatic rings. The summed E-state index contributed by atoms with van der Waals surface area (Å²) in [6.45, 7) is 20.4. The van der Waals surface area contributed by atoms with Crippen molar-refractivity contribution in [3.05, 3.63) is 17.7 Å². The lowest BCUT2D eigenvalue weighted by Gasteiger charge is -2.41. The molecule has 1 aromatic rings. The molecule has 0 atom stereocenters. The van der Waals surface area contributed by atoms with E-state index in [9.17, 15) is 0 Å². The van der Waals surface area contributed by atoms with Crippen molar-refractivity contribution in [1.82, 2.24) is 4.90 Å². The number of rotatable bonds is 9. The van der Waals surface area contributed by atoms with Crippen LogP contribution in [0.3, 0.4) is 0 Å². The standard InChI is InChI=1S/C32H55N3O2/c1-7-9-16-33-19-21-35(22-20-33)29-24-31(36-6)30(34-17-14-27(15-18-34)37-8-2)23-28(29)25-10-12-26(13-11-25)32(3,4)5/h23-27H,7-22H2,1-6H3. The molecule has 0 N–H and O–H groups in total. The SMILES string of the molecule is CCCCN1CCN(c2cc(OC)c(N3CCC(OCC)CC3)cc2C2CCC(C(C)(C)C)CC2)CC1. The van der Waals surface area contributed by atoms with Crippen LogP contribution in [-0.4, -0.2) is 70.5 Å². The van der Waals surface area contributed by atoms with Crippen LogP contribution >= 0.6 is 0 Å². The van der Waals surface area contributed by atoms with Gasteiger partial charge in [-0.25, -0.2) is 0 Å². The van der Waals surface area contributed by atoms with E-state index < -0.39 is 0 Å². The highest BCUT2D eigenvalue weighted by molar-refractivity contribution is 5.71. The van der Waals surface area contributed by atoms with Crippen molar-refractivity contribution in [3.63, 3.8) is 0 Å². The lowest BCUT2D eigenvalue weighted by atomic mass is 9.68. The summed E-state index contributed by atoms with van der Waals surface area (Å²) in [6.07, 6.45) is 10.5. The monoisotopic (exact) mass is 513 g/mol. The molecule has 2 heterocycles. The number of methoxy groups -OCH3 is 1. The molecule has 0 unspecified atom stereocenters. The molecule has 210 valence electrons. The minimum Gasteiger partial charge on any atom is -0.495 e. The minimum atomic E-state index is 0.405. The van der Waals surface area contributed by atoms with Gasteiger partial charge in [-0.1, -0.05) is 34.1 Å². The molecule has 0 aromatic heterocycles. The van der Waals surface area contributed by atoms with E-state index in [1.54, 1.807) is 5.56 Å². The van der Waals surface area contributed by atoms with E-state index in [0.717, 1.165) is 57.3 Å². The zero-order valence-corrected chi connectivity index (χ0v) is 24.9. The van der Waals surface area contributed by atoms with Crippen molar-refractivity contribution in [1.29, 1.82) is 0 Å². The van der Waals surface area contributed by atoms with Crippen LogP contribution < -0.4 is 14.5 Å². The molecule has 1 saturated carbocycles. The number of ether oxygens (including phenoxy) is 2. The van der Waals surface area contributed by atoms with E-state index in [1.807, 2.05) is 7.11 Å². The number of hydrogen-bond acceptors (Lipinski definition) is 5. The molecule has 5 heteroatoms. The smallest absolute Gasteiger partial charge is 0.144 e. The number of nitrogens with zero attached hydrogens (tertiary/aromatic N) is 3. The lowest BCUT2D eigenvalue weighted by Crippen LogP contribution is -2.47. The Hall–Kier alpha value is -1.46. The minimum absolute atomic E-state index is 0.405. The summed E-state index contributed by atoms with van der Waals surface area (Å²) in [6, 6.07) is 4.94. The molecule has 0 amide bonds. The Morgan fingerprint density at radius 2 is 1.46 bits per heavy atom. The molecular weight excluding hydrogens is 458 g/mol. The zero-order valence-electron chi connectivity index (χ0n) is 24.9. The van der Waals surface area contributed by atoms with Gasteiger partial charge >= 0.3 is 0 Å². The molecule has 4 rings (SSSR count). The van der Waals surface area contributed by atoms with Crippen LogP contribution in [0.1, 0.15) is 97.5 Å². The van der Waals surface area contributed by atoms with Crippen molar-refractivity contribution in [3.8, 4) is 5.75 Å². The average Bonchev–Trinajstić information content (AvgIpc) is 2.92. The maximum Gasteiger partial charge on any atom is 0.144 e. The Morgan fingerprint density at radius 1 is 0.811 bits per heavy atom. The molecule has 1 aliphatic carbocycles. The predicted molar refractivity (Wildman–Crippen MR) is 158 cm³/mol. The average molecular weight is 514 g/mol. The van der Waals surface area contributed by atoms with Gasteiger partial charge in [-0.15, -0.1) is 0 Å². The molecule has 0 spiro atoms. The maximum absolute atomic E-state index is 6.07. The largest absolute Gasteiger partial charge is 0.495 e. The molecular formula is C32H55N3O2. The van der Waals surface area contributed by atoms with Gasteiger partial charge in [0, 0.05) is 57.6 Å². The Morgan fingerprint density at radius 3 is 2.03 bits per heavy atom. The molecule has 0 radical (unpaired) electrons. The summed E-state index contributed by atoms with van der Waals surface area (Å²) in [5.74, 6) is 2.53. The molecule has 5 nitrogen and oxygen atoms in total. The van der Waals surface area contributed by atoms with E-state index in [2.05, 4.69) is 61.5 Å². The van der Waals surface area contributed by atoms with E-state index in [1.165, 1.54) is 69.5 Å². The number of piperazine rings is 1. The first-order chi connectivity index (χ1) is 17.8. The summed E-state index contributed by atoms with van der Waals surface area (Å²) >= 11 is 0. The summed E-state index contributed by atoms with van der Waals surface area (Å²) in [7, 11) is 1.85. The predicted octanol–water partition coefficient (Wildman–Crippen LogP) is 6.94. The summed E-state index contributed by atoms with van der Waals surface area (Å²) in [5.41, 5.74) is 4.74. The van der Waals surface area contributed by atoms with E-state index in [-0.39, 0.29) is 0 Å². The molecule has 2 aliphatic heterocycles. The molecule has 37 heavy (non-hydrogen) atoms. The topological polar surface area (TPSA) is 28.2 Å². The highest BCUT2D eigenvalue weighted by Crippen LogP contribution is 2.48.